The molecule has 0 atom stereocenters. The van der Waals surface area contributed by atoms with E-state index in [2.05, 4.69) is 5.10 Å². The molecule has 0 fully saturated rings. The van der Waals surface area contributed by atoms with E-state index in [1.165, 1.54) is 26.2 Å². The average molecular weight is 278 g/mol. The zero-order valence-electron chi connectivity index (χ0n) is 11.5. The highest BCUT2D eigenvalue weighted by Gasteiger charge is 2.17. The summed E-state index contributed by atoms with van der Waals surface area (Å²) < 4.78 is 19.6. The first kappa shape index (κ1) is 14.0. The van der Waals surface area contributed by atoms with Crippen LogP contribution in [0.1, 0.15) is 28.5 Å². The maximum atomic E-state index is 13.6. The highest BCUT2D eigenvalue weighted by molar-refractivity contribution is 5.76. The second kappa shape index (κ2) is 5.32. The maximum Gasteiger partial charge on any atom is 0.244 e. The predicted molar refractivity (Wildman–Crippen MR) is 70.7 cm³/mol. The van der Waals surface area contributed by atoms with Gasteiger partial charge in [0.25, 0.3) is 0 Å². The second-order valence-electron chi connectivity index (χ2n) is 4.46. The van der Waals surface area contributed by atoms with Gasteiger partial charge in [-0.05, 0) is 24.6 Å². The van der Waals surface area contributed by atoms with Crippen LogP contribution in [0.2, 0.25) is 0 Å². The third kappa shape index (κ3) is 2.49. The summed E-state index contributed by atoms with van der Waals surface area (Å²) in [6.45, 7) is 3.04. The van der Waals surface area contributed by atoms with Gasteiger partial charge in [-0.25, -0.2) is 9.07 Å². The number of halogens is 1. The van der Waals surface area contributed by atoms with Gasteiger partial charge in [0.05, 0.1) is 12.8 Å². The molecule has 0 bridgehead atoms. The molecule has 1 N–H and O–H groups in total. The summed E-state index contributed by atoms with van der Waals surface area (Å²) in [7, 11) is 1.39. The van der Waals surface area contributed by atoms with Crippen LogP contribution in [0.5, 0.6) is 11.6 Å². The van der Waals surface area contributed by atoms with Crippen molar-refractivity contribution in [2.24, 2.45) is 0 Å². The van der Waals surface area contributed by atoms with E-state index >= 15 is 0 Å². The van der Waals surface area contributed by atoms with Crippen molar-refractivity contribution in [2.45, 2.75) is 20.3 Å². The third-order valence-electron chi connectivity index (χ3n) is 3.11. The summed E-state index contributed by atoms with van der Waals surface area (Å²) in [5.41, 5.74) is 1.71. The van der Waals surface area contributed by atoms with Crippen LogP contribution in [0.4, 0.5) is 4.39 Å². The van der Waals surface area contributed by atoms with Crippen LogP contribution in [0, 0.1) is 12.7 Å². The number of hydrogen-bond donors (Lipinski definition) is 1. The Kier molecular flexibility index (Phi) is 3.74. The number of aromatic hydroxyl groups is 1. The zero-order valence-corrected chi connectivity index (χ0v) is 11.5. The molecular weight excluding hydrogens is 263 g/mol. The van der Waals surface area contributed by atoms with Gasteiger partial charge in [-0.15, -0.1) is 5.10 Å². The van der Waals surface area contributed by atoms with E-state index in [9.17, 15) is 14.3 Å². The average Bonchev–Trinajstić information content (AvgIpc) is 2.67. The molecule has 2 rings (SSSR count). The van der Waals surface area contributed by atoms with Gasteiger partial charge in [0.2, 0.25) is 11.8 Å². The molecule has 1 aromatic heterocycles. The van der Waals surface area contributed by atoms with Crippen molar-refractivity contribution >= 4 is 5.91 Å². The van der Waals surface area contributed by atoms with E-state index in [4.69, 9.17) is 4.74 Å². The van der Waals surface area contributed by atoms with Crippen molar-refractivity contribution in [3.63, 3.8) is 0 Å². The quantitative estimate of drug-likeness (QED) is 0.935. The fourth-order valence-corrected chi connectivity index (χ4v) is 2.06. The van der Waals surface area contributed by atoms with Crippen molar-refractivity contribution < 1.29 is 19.0 Å². The summed E-state index contributed by atoms with van der Waals surface area (Å²) in [6, 6.07) is 4.56. The molecule has 1 aromatic carbocycles. The Hall–Kier alpha value is -2.37. The summed E-state index contributed by atoms with van der Waals surface area (Å²) in [4.78, 5) is 11.3. The standard InChI is InChI=1S/C14H15FN2O3/c1-8-11(14(19)16-17(8)9(2)18)6-10-4-5-13(20-3)12(15)7-10/h4-5,7H,6H2,1-3H3,(H,16,19). The molecule has 106 valence electrons. The van der Waals surface area contributed by atoms with E-state index in [0.29, 0.717) is 16.8 Å². The highest BCUT2D eigenvalue weighted by atomic mass is 19.1. The molecule has 0 unspecified atom stereocenters. The van der Waals surface area contributed by atoms with E-state index < -0.39 is 5.82 Å². The Morgan fingerprint density at radius 3 is 2.70 bits per heavy atom. The number of aromatic nitrogens is 2. The van der Waals surface area contributed by atoms with Crippen LogP contribution in [0.25, 0.3) is 0 Å². The predicted octanol–water partition coefficient (Wildman–Crippen LogP) is 2.30. The van der Waals surface area contributed by atoms with Crippen LogP contribution in [-0.4, -0.2) is 27.9 Å². The molecule has 0 amide bonds. The van der Waals surface area contributed by atoms with E-state index in [0.717, 1.165) is 4.68 Å². The number of rotatable bonds is 3. The normalized spacial score (nSPS) is 10.6. The maximum absolute atomic E-state index is 13.6. The molecular formula is C14H15FN2O3. The highest BCUT2D eigenvalue weighted by Crippen LogP contribution is 2.25. The summed E-state index contributed by atoms with van der Waals surface area (Å²) >= 11 is 0. The Labute approximate surface area is 115 Å². The number of nitrogens with zero attached hydrogens (tertiary/aromatic N) is 2. The van der Waals surface area contributed by atoms with Gasteiger partial charge in [-0.3, -0.25) is 4.79 Å². The minimum absolute atomic E-state index is 0.161. The van der Waals surface area contributed by atoms with Crippen LogP contribution < -0.4 is 4.74 Å². The second-order valence-corrected chi connectivity index (χ2v) is 4.46. The molecule has 1 heterocycles. The van der Waals surface area contributed by atoms with Crippen LogP contribution in [-0.2, 0) is 6.42 Å². The number of carbonyl (C=O) groups excluding carboxylic acids is 1. The lowest BCUT2D eigenvalue weighted by Crippen LogP contribution is -2.09. The Morgan fingerprint density at radius 1 is 1.50 bits per heavy atom. The van der Waals surface area contributed by atoms with Gasteiger partial charge in [-0.1, -0.05) is 6.07 Å². The minimum Gasteiger partial charge on any atom is -0.494 e. The first-order chi connectivity index (χ1) is 9.43. The minimum atomic E-state index is -0.471. The molecule has 2 aromatic rings. The van der Waals surface area contributed by atoms with Gasteiger partial charge >= 0.3 is 0 Å². The third-order valence-corrected chi connectivity index (χ3v) is 3.11. The topological polar surface area (TPSA) is 64.3 Å². The Bertz CT molecular complexity index is 665. The van der Waals surface area contributed by atoms with Crippen LogP contribution >= 0.6 is 0 Å². The molecule has 0 saturated heterocycles. The van der Waals surface area contributed by atoms with Gasteiger partial charge < -0.3 is 9.84 Å². The molecule has 0 radical (unpaired) electrons. The van der Waals surface area contributed by atoms with Crippen molar-refractivity contribution in [3.05, 3.63) is 40.8 Å². The van der Waals surface area contributed by atoms with Crippen molar-refractivity contribution in [1.82, 2.24) is 9.78 Å². The van der Waals surface area contributed by atoms with E-state index in [1.807, 2.05) is 0 Å². The fraction of sp³-hybridized carbons (Fsp3) is 0.286. The number of ether oxygens (including phenoxy) is 1. The molecule has 5 nitrogen and oxygen atoms in total. The van der Waals surface area contributed by atoms with Gasteiger partial charge in [0.15, 0.2) is 11.6 Å². The lowest BCUT2D eigenvalue weighted by atomic mass is 10.0. The summed E-state index contributed by atoms with van der Waals surface area (Å²) in [5.74, 6) is -0.811. The molecule has 6 heteroatoms. The largest absolute Gasteiger partial charge is 0.494 e. The summed E-state index contributed by atoms with van der Waals surface area (Å²) in [6.07, 6.45) is 0.284. The monoisotopic (exact) mass is 278 g/mol. The molecule has 0 aliphatic rings. The Morgan fingerprint density at radius 2 is 2.20 bits per heavy atom. The van der Waals surface area contributed by atoms with Crippen molar-refractivity contribution in [1.29, 1.82) is 0 Å². The van der Waals surface area contributed by atoms with Gasteiger partial charge in [-0.2, -0.15) is 0 Å². The zero-order chi connectivity index (χ0) is 14.9. The number of benzene rings is 1. The van der Waals surface area contributed by atoms with Crippen molar-refractivity contribution in [2.75, 3.05) is 7.11 Å². The molecule has 0 aliphatic carbocycles. The SMILES string of the molecule is COc1ccc(Cc2c(O)nn(C(C)=O)c2C)cc1F. The molecule has 0 saturated carbocycles. The lowest BCUT2D eigenvalue weighted by Gasteiger charge is -2.05. The van der Waals surface area contributed by atoms with Crippen LogP contribution in [0.15, 0.2) is 18.2 Å². The summed E-state index contributed by atoms with van der Waals surface area (Å²) in [5, 5.41) is 13.6. The first-order valence-electron chi connectivity index (χ1n) is 6.05. The van der Waals surface area contributed by atoms with Crippen molar-refractivity contribution in [3.8, 4) is 11.6 Å². The number of hydrogen-bond acceptors (Lipinski definition) is 4. The van der Waals surface area contributed by atoms with Gasteiger partial charge in [0, 0.05) is 18.9 Å². The van der Waals surface area contributed by atoms with Crippen LogP contribution in [0.3, 0.4) is 0 Å². The smallest absolute Gasteiger partial charge is 0.244 e. The van der Waals surface area contributed by atoms with E-state index in [-0.39, 0.29) is 24.0 Å². The van der Waals surface area contributed by atoms with E-state index in [1.54, 1.807) is 13.0 Å². The molecule has 20 heavy (non-hydrogen) atoms. The lowest BCUT2D eigenvalue weighted by molar-refractivity contribution is 0.0917. The molecule has 0 aliphatic heterocycles. The van der Waals surface area contributed by atoms with Gasteiger partial charge in [0.1, 0.15) is 0 Å². The molecule has 0 spiro atoms. The number of methoxy groups -OCH3 is 1. The fourth-order valence-electron chi connectivity index (χ4n) is 2.06. The number of carbonyl (C=O) groups is 1. The first-order valence-corrected chi connectivity index (χ1v) is 6.05. The Balaban J connectivity index is 2.35.